The zero-order valence-corrected chi connectivity index (χ0v) is 20.1. The maximum absolute atomic E-state index is 13.0. The summed E-state index contributed by atoms with van der Waals surface area (Å²) >= 11 is 1.38. The third-order valence-electron chi connectivity index (χ3n) is 5.97. The average Bonchev–Trinajstić information content (AvgIpc) is 3.31. The molecule has 1 fully saturated rings. The minimum atomic E-state index is -4.56. The fraction of sp³-hybridized carbons (Fsp3) is 0.417. The van der Waals surface area contributed by atoms with Crippen LogP contribution in [0.4, 0.5) is 24.8 Å². The van der Waals surface area contributed by atoms with E-state index in [1.165, 1.54) is 11.3 Å². The SMILES string of the molecule is CCC(=O)NC1CCC(O)(c2ncc(-c3cc(C)cc(Nc4nccc(C(F)(F)F)n4)c3)s2)CC1. The Morgan fingerprint density at radius 3 is 2.66 bits per heavy atom. The lowest BCUT2D eigenvalue weighted by Crippen LogP contribution is -2.42. The number of benzene rings is 1. The summed E-state index contributed by atoms with van der Waals surface area (Å²) < 4.78 is 38.9. The van der Waals surface area contributed by atoms with Gasteiger partial charge in [0, 0.05) is 30.5 Å². The van der Waals surface area contributed by atoms with E-state index in [1.54, 1.807) is 18.3 Å². The number of hydrogen-bond acceptors (Lipinski definition) is 7. The van der Waals surface area contributed by atoms with Crippen molar-refractivity contribution >= 4 is 28.9 Å². The first-order chi connectivity index (χ1) is 16.6. The molecule has 4 rings (SSSR count). The molecule has 35 heavy (non-hydrogen) atoms. The number of aliphatic hydroxyl groups is 1. The Morgan fingerprint density at radius 1 is 1.23 bits per heavy atom. The number of amides is 1. The van der Waals surface area contributed by atoms with Gasteiger partial charge in [0.1, 0.15) is 16.3 Å². The first-order valence-corrected chi connectivity index (χ1v) is 12.1. The van der Waals surface area contributed by atoms with Crippen LogP contribution in [0.5, 0.6) is 0 Å². The fourth-order valence-electron chi connectivity index (χ4n) is 4.11. The third-order valence-corrected chi connectivity index (χ3v) is 7.21. The molecule has 1 aliphatic rings. The van der Waals surface area contributed by atoms with Gasteiger partial charge in [-0.25, -0.2) is 15.0 Å². The summed E-state index contributed by atoms with van der Waals surface area (Å²) in [6.07, 6.45) is 0.986. The predicted octanol–water partition coefficient (Wildman–Crippen LogP) is 5.33. The summed E-state index contributed by atoms with van der Waals surface area (Å²) in [7, 11) is 0. The van der Waals surface area contributed by atoms with E-state index in [4.69, 9.17) is 0 Å². The second-order valence-corrected chi connectivity index (χ2v) is 9.76. The number of carbonyl (C=O) groups excluding carboxylic acids is 1. The van der Waals surface area contributed by atoms with Gasteiger partial charge in [0.25, 0.3) is 0 Å². The summed E-state index contributed by atoms with van der Waals surface area (Å²) in [5, 5.41) is 17.7. The van der Waals surface area contributed by atoms with E-state index in [0.29, 0.717) is 42.8 Å². The van der Waals surface area contributed by atoms with Crippen LogP contribution in [0.3, 0.4) is 0 Å². The van der Waals surface area contributed by atoms with E-state index < -0.39 is 17.5 Å². The monoisotopic (exact) mass is 505 g/mol. The van der Waals surface area contributed by atoms with Gasteiger partial charge in [0.15, 0.2) is 0 Å². The smallest absolute Gasteiger partial charge is 0.383 e. The molecule has 0 unspecified atom stereocenters. The van der Waals surface area contributed by atoms with Crippen molar-refractivity contribution in [3.63, 3.8) is 0 Å². The lowest BCUT2D eigenvalue weighted by Gasteiger charge is -2.34. The Morgan fingerprint density at radius 2 is 1.97 bits per heavy atom. The van der Waals surface area contributed by atoms with Crippen molar-refractivity contribution in [1.82, 2.24) is 20.3 Å². The zero-order chi connectivity index (χ0) is 25.2. The molecule has 2 aromatic heterocycles. The average molecular weight is 506 g/mol. The first kappa shape index (κ1) is 25.1. The van der Waals surface area contributed by atoms with Crippen molar-refractivity contribution in [3.05, 3.63) is 52.9 Å². The number of rotatable bonds is 6. The Balaban J connectivity index is 1.50. The van der Waals surface area contributed by atoms with Crippen molar-refractivity contribution in [2.45, 2.75) is 63.8 Å². The second-order valence-electron chi connectivity index (χ2n) is 8.73. The molecule has 3 aromatic rings. The van der Waals surface area contributed by atoms with Crippen LogP contribution in [0.2, 0.25) is 0 Å². The van der Waals surface area contributed by atoms with Crippen LogP contribution in [0.1, 0.15) is 55.3 Å². The van der Waals surface area contributed by atoms with Crippen LogP contribution in [0.15, 0.2) is 36.7 Å². The third kappa shape index (κ3) is 5.96. The number of thiazole rings is 1. The normalized spacial score (nSPS) is 20.5. The van der Waals surface area contributed by atoms with Crippen LogP contribution in [-0.2, 0) is 16.6 Å². The van der Waals surface area contributed by atoms with E-state index in [1.807, 2.05) is 19.9 Å². The maximum atomic E-state index is 13.0. The Bertz CT molecular complexity index is 1210. The van der Waals surface area contributed by atoms with Crippen LogP contribution in [-0.4, -0.2) is 32.0 Å². The molecule has 2 heterocycles. The maximum Gasteiger partial charge on any atom is 0.433 e. The van der Waals surface area contributed by atoms with Crippen molar-refractivity contribution in [2.24, 2.45) is 0 Å². The molecule has 1 saturated carbocycles. The van der Waals surface area contributed by atoms with Crippen molar-refractivity contribution in [3.8, 4) is 10.4 Å². The van der Waals surface area contributed by atoms with Gasteiger partial charge in [-0.15, -0.1) is 11.3 Å². The number of halogens is 3. The van der Waals surface area contributed by atoms with Gasteiger partial charge in [-0.1, -0.05) is 13.0 Å². The summed E-state index contributed by atoms with van der Waals surface area (Å²) in [5.41, 5.74) is 0.175. The molecule has 0 atom stereocenters. The van der Waals surface area contributed by atoms with Gasteiger partial charge in [-0.3, -0.25) is 4.79 Å². The molecule has 3 N–H and O–H groups in total. The summed E-state index contributed by atoms with van der Waals surface area (Å²) in [6, 6.07) is 6.40. The summed E-state index contributed by atoms with van der Waals surface area (Å²) in [4.78, 5) is 24.4. The molecule has 1 amide bonds. The zero-order valence-electron chi connectivity index (χ0n) is 19.3. The van der Waals surface area contributed by atoms with Crippen LogP contribution in [0.25, 0.3) is 10.4 Å². The molecule has 0 bridgehead atoms. The minimum Gasteiger partial charge on any atom is -0.383 e. The van der Waals surface area contributed by atoms with Gasteiger partial charge in [0.05, 0.1) is 4.88 Å². The predicted molar refractivity (Wildman–Crippen MR) is 127 cm³/mol. The highest BCUT2D eigenvalue weighted by Crippen LogP contribution is 2.41. The Hall–Kier alpha value is -3.05. The lowest BCUT2D eigenvalue weighted by atomic mass is 9.82. The number of nitrogens with zero attached hydrogens (tertiary/aromatic N) is 3. The van der Waals surface area contributed by atoms with Gasteiger partial charge in [-0.05, 0) is 61.9 Å². The van der Waals surface area contributed by atoms with Gasteiger partial charge in [0.2, 0.25) is 11.9 Å². The lowest BCUT2D eigenvalue weighted by molar-refractivity contribution is -0.141. The second kappa shape index (κ2) is 9.90. The molecule has 7 nitrogen and oxygen atoms in total. The van der Waals surface area contributed by atoms with E-state index in [-0.39, 0.29) is 17.9 Å². The van der Waals surface area contributed by atoms with E-state index in [0.717, 1.165) is 28.3 Å². The molecule has 1 aliphatic carbocycles. The minimum absolute atomic E-state index is 0.0105. The van der Waals surface area contributed by atoms with E-state index in [2.05, 4.69) is 25.6 Å². The molecule has 0 spiro atoms. The van der Waals surface area contributed by atoms with E-state index >= 15 is 0 Å². The highest BCUT2D eigenvalue weighted by molar-refractivity contribution is 7.15. The molecule has 186 valence electrons. The van der Waals surface area contributed by atoms with Crippen molar-refractivity contribution in [2.75, 3.05) is 5.32 Å². The quantitative estimate of drug-likeness (QED) is 0.419. The number of hydrogen-bond donors (Lipinski definition) is 3. The molecule has 0 saturated heterocycles. The first-order valence-electron chi connectivity index (χ1n) is 11.3. The molecule has 11 heteroatoms. The largest absolute Gasteiger partial charge is 0.433 e. The van der Waals surface area contributed by atoms with Gasteiger partial charge in [-0.2, -0.15) is 13.2 Å². The highest BCUT2D eigenvalue weighted by atomic mass is 32.1. The highest BCUT2D eigenvalue weighted by Gasteiger charge is 2.38. The van der Waals surface area contributed by atoms with Crippen LogP contribution < -0.4 is 10.6 Å². The van der Waals surface area contributed by atoms with Crippen LogP contribution >= 0.6 is 11.3 Å². The topological polar surface area (TPSA) is 100 Å². The summed E-state index contributed by atoms with van der Waals surface area (Å²) in [6.45, 7) is 3.69. The standard InChI is InChI=1S/C24H26F3N5O2S/c1-3-20(33)30-16-4-7-23(34,8-5-16)21-29-13-18(35-21)15-10-14(2)11-17(12-15)31-22-28-9-6-19(32-22)24(25,26)27/h6,9-13,16,34H,3-5,7-8H2,1-2H3,(H,30,33)(H,28,31,32). The van der Waals surface area contributed by atoms with Crippen molar-refractivity contribution < 1.29 is 23.1 Å². The van der Waals surface area contributed by atoms with Crippen molar-refractivity contribution in [1.29, 1.82) is 0 Å². The Labute approximate surface area is 204 Å². The number of nitrogens with one attached hydrogen (secondary N) is 2. The summed E-state index contributed by atoms with van der Waals surface area (Å²) in [5.74, 6) is -0.140. The molecular weight excluding hydrogens is 479 g/mol. The van der Waals surface area contributed by atoms with Gasteiger partial charge < -0.3 is 15.7 Å². The number of aromatic nitrogens is 3. The molecule has 1 aromatic carbocycles. The van der Waals surface area contributed by atoms with Crippen LogP contribution in [0, 0.1) is 6.92 Å². The molecule has 0 aliphatic heterocycles. The van der Waals surface area contributed by atoms with Gasteiger partial charge >= 0.3 is 6.18 Å². The molecular formula is C24H26F3N5O2S. The fourth-order valence-corrected chi connectivity index (χ4v) is 5.16. The number of carbonyl (C=O) groups is 1. The number of aryl methyl sites for hydroxylation is 1. The Kier molecular flexibility index (Phi) is 7.09. The number of alkyl halides is 3. The van der Waals surface area contributed by atoms with E-state index in [9.17, 15) is 23.1 Å². The number of anilines is 2. The molecule has 0 radical (unpaired) electrons.